The van der Waals surface area contributed by atoms with Gasteiger partial charge in [-0.25, -0.2) is 4.39 Å². The number of benzene rings is 1. The smallest absolute Gasteiger partial charge is 0.325 e. The molecule has 7 heteroatoms. The van der Waals surface area contributed by atoms with Crippen LogP contribution >= 0.6 is 24.0 Å². The molecule has 136 valence electrons. The van der Waals surface area contributed by atoms with E-state index in [1.165, 1.54) is 6.07 Å². The molecule has 1 rings (SSSR count). The normalized spacial score (nSPS) is 12.9. The minimum Gasteiger partial charge on any atom is -0.459 e. The number of guanidine groups is 1. The molecule has 1 unspecified atom stereocenters. The number of rotatable bonds is 4. The topological polar surface area (TPSA) is 62.7 Å². The molecule has 1 aromatic carbocycles. The molecular weight excluding hydrogens is 424 g/mol. The second-order valence-electron chi connectivity index (χ2n) is 6.39. The lowest BCUT2D eigenvalue weighted by Gasteiger charge is -2.21. The molecule has 0 saturated heterocycles. The van der Waals surface area contributed by atoms with Crippen molar-refractivity contribution >= 4 is 35.9 Å². The van der Waals surface area contributed by atoms with E-state index in [1.807, 2.05) is 33.8 Å². The molecule has 24 heavy (non-hydrogen) atoms. The summed E-state index contributed by atoms with van der Waals surface area (Å²) in [5, 5.41) is 6.00. The average Bonchev–Trinajstić information content (AvgIpc) is 2.44. The molecular formula is C17H27FIN3O2. The van der Waals surface area contributed by atoms with Crippen molar-refractivity contribution < 1.29 is 13.9 Å². The predicted molar refractivity (Wildman–Crippen MR) is 105 cm³/mol. The van der Waals surface area contributed by atoms with E-state index in [4.69, 9.17) is 4.74 Å². The zero-order valence-corrected chi connectivity index (χ0v) is 17.4. The van der Waals surface area contributed by atoms with Crippen LogP contribution in [0.1, 0.15) is 44.9 Å². The predicted octanol–water partition coefficient (Wildman–Crippen LogP) is 3.32. The quantitative estimate of drug-likeness (QED) is 0.319. The average molecular weight is 451 g/mol. The molecule has 0 aliphatic rings. The number of nitrogens with zero attached hydrogens (tertiary/aromatic N) is 1. The summed E-state index contributed by atoms with van der Waals surface area (Å²) in [6, 6.07) is 4.93. The Hall–Kier alpha value is -1.38. The van der Waals surface area contributed by atoms with Crippen molar-refractivity contribution in [3.05, 3.63) is 35.1 Å². The molecule has 1 aromatic rings. The highest BCUT2D eigenvalue weighted by Crippen LogP contribution is 2.16. The van der Waals surface area contributed by atoms with Crippen LogP contribution in [-0.4, -0.2) is 31.1 Å². The second kappa shape index (κ2) is 9.80. The number of esters is 1. The molecule has 0 bridgehead atoms. The lowest BCUT2D eigenvalue weighted by atomic mass is 10.1. The minimum atomic E-state index is -0.525. The monoisotopic (exact) mass is 451 g/mol. The largest absolute Gasteiger partial charge is 0.459 e. The SMILES string of the molecule is CN=C(NCC(=O)OC(C)(C)C)NC(C)c1ccc(C)c(F)c1.I. The third-order valence-electron chi connectivity index (χ3n) is 3.09. The Bertz CT molecular complexity index is 586. The highest BCUT2D eigenvalue weighted by Gasteiger charge is 2.17. The van der Waals surface area contributed by atoms with Crippen LogP contribution in [-0.2, 0) is 9.53 Å². The highest BCUT2D eigenvalue weighted by molar-refractivity contribution is 14.0. The summed E-state index contributed by atoms with van der Waals surface area (Å²) < 4.78 is 18.9. The summed E-state index contributed by atoms with van der Waals surface area (Å²) in [5.74, 6) is -0.160. The Balaban J connectivity index is 0.00000529. The maximum Gasteiger partial charge on any atom is 0.325 e. The number of ether oxygens (including phenoxy) is 1. The minimum absolute atomic E-state index is 0. The number of hydrogen-bond donors (Lipinski definition) is 2. The molecule has 0 saturated carbocycles. The van der Waals surface area contributed by atoms with Gasteiger partial charge in [0.15, 0.2) is 5.96 Å². The first-order valence-corrected chi connectivity index (χ1v) is 7.57. The van der Waals surface area contributed by atoms with Crippen LogP contribution in [0.3, 0.4) is 0 Å². The van der Waals surface area contributed by atoms with Gasteiger partial charge in [-0.1, -0.05) is 12.1 Å². The number of nitrogens with one attached hydrogen (secondary N) is 2. The van der Waals surface area contributed by atoms with Gasteiger partial charge in [-0.3, -0.25) is 9.79 Å². The van der Waals surface area contributed by atoms with Crippen LogP contribution in [0.2, 0.25) is 0 Å². The molecule has 0 aliphatic heterocycles. The fourth-order valence-corrected chi connectivity index (χ4v) is 1.89. The van der Waals surface area contributed by atoms with Crippen LogP contribution < -0.4 is 10.6 Å². The fourth-order valence-electron chi connectivity index (χ4n) is 1.89. The van der Waals surface area contributed by atoms with Crippen molar-refractivity contribution in [2.45, 2.75) is 46.3 Å². The maximum absolute atomic E-state index is 13.6. The Morgan fingerprint density at radius 1 is 1.38 bits per heavy atom. The number of halogens is 2. The maximum atomic E-state index is 13.6. The van der Waals surface area contributed by atoms with E-state index >= 15 is 0 Å². The van der Waals surface area contributed by atoms with Crippen molar-refractivity contribution in [3.63, 3.8) is 0 Å². The van der Waals surface area contributed by atoms with Gasteiger partial charge in [0.05, 0.1) is 6.04 Å². The molecule has 0 aliphatic carbocycles. The number of aryl methyl sites for hydroxylation is 1. The zero-order chi connectivity index (χ0) is 17.6. The molecule has 5 nitrogen and oxygen atoms in total. The van der Waals surface area contributed by atoms with Crippen molar-refractivity contribution in [1.29, 1.82) is 0 Å². The summed E-state index contributed by atoms with van der Waals surface area (Å²) in [6.45, 7) is 9.05. The summed E-state index contributed by atoms with van der Waals surface area (Å²) in [5.41, 5.74) is 0.879. The Morgan fingerprint density at radius 2 is 2.00 bits per heavy atom. The van der Waals surface area contributed by atoms with Gasteiger partial charge in [0.1, 0.15) is 18.0 Å². The van der Waals surface area contributed by atoms with Crippen molar-refractivity contribution in [2.24, 2.45) is 4.99 Å². The molecule has 0 heterocycles. The van der Waals surface area contributed by atoms with Crippen molar-refractivity contribution in [1.82, 2.24) is 10.6 Å². The Morgan fingerprint density at radius 3 is 2.50 bits per heavy atom. The third kappa shape index (κ3) is 7.94. The molecule has 0 spiro atoms. The number of hydrogen-bond acceptors (Lipinski definition) is 3. The van der Waals surface area contributed by atoms with E-state index in [1.54, 1.807) is 20.0 Å². The van der Waals surface area contributed by atoms with Gasteiger partial charge >= 0.3 is 5.97 Å². The lowest BCUT2D eigenvalue weighted by Crippen LogP contribution is -2.42. The van der Waals surface area contributed by atoms with Gasteiger partial charge in [0.2, 0.25) is 0 Å². The number of aliphatic imine (C=N–C) groups is 1. The lowest BCUT2D eigenvalue weighted by molar-refractivity contribution is -0.153. The fraction of sp³-hybridized carbons (Fsp3) is 0.529. The number of carbonyl (C=O) groups excluding carboxylic acids is 1. The van der Waals surface area contributed by atoms with E-state index in [0.717, 1.165) is 5.56 Å². The zero-order valence-electron chi connectivity index (χ0n) is 15.1. The summed E-state index contributed by atoms with van der Waals surface area (Å²) >= 11 is 0. The third-order valence-corrected chi connectivity index (χ3v) is 3.09. The highest BCUT2D eigenvalue weighted by atomic mass is 127. The Kier molecular flexibility index (Phi) is 9.24. The summed E-state index contributed by atoms with van der Waals surface area (Å²) in [4.78, 5) is 15.8. The van der Waals surface area contributed by atoms with Crippen LogP contribution in [0.4, 0.5) is 4.39 Å². The van der Waals surface area contributed by atoms with Gasteiger partial charge in [0.25, 0.3) is 0 Å². The standard InChI is InChI=1S/C17H26FN3O2.HI/c1-11-7-8-13(9-14(11)18)12(2)21-16(19-6)20-10-15(22)23-17(3,4)5;/h7-9,12H,10H2,1-6H3,(H2,19,20,21);1H. The van der Waals surface area contributed by atoms with Gasteiger partial charge in [-0.15, -0.1) is 24.0 Å². The molecule has 0 aromatic heterocycles. The first-order chi connectivity index (χ1) is 10.6. The Labute approximate surface area is 160 Å². The van der Waals surface area contributed by atoms with E-state index in [9.17, 15) is 9.18 Å². The molecule has 1 atom stereocenters. The van der Waals surface area contributed by atoms with E-state index in [-0.39, 0.29) is 48.3 Å². The van der Waals surface area contributed by atoms with Gasteiger partial charge < -0.3 is 15.4 Å². The van der Waals surface area contributed by atoms with E-state index < -0.39 is 5.60 Å². The van der Waals surface area contributed by atoms with Crippen molar-refractivity contribution in [2.75, 3.05) is 13.6 Å². The van der Waals surface area contributed by atoms with Gasteiger partial charge in [0, 0.05) is 7.05 Å². The van der Waals surface area contributed by atoms with Gasteiger partial charge in [-0.2, -0.15) is 0 Å². The van der Waals surface area contributed by atoms with E-state index in [0.29, 0.717) is 11.5 Å². The summed E-state index contributed by atoms with van der Waals surface area (Å²) in [6.07, 6.45) is 0. The van der Waals surface area contributed by atoms with Crippen LogP contribution in [0.15, 0.2) is 23.2 Å². The number of carbonyl (C=O) groups is 1. The van der Waals surface area contributed by atoms with Gasteiger partial charge in [-0.05, 0) is 51.8 Å². The molecule has 0 fully saturated rings. The van der Waals surface area contributed by atoms with Crippen LogP contribution in [0.5, 0.6) is 0 Å². The summed E-state index contributed by atoms with van der Waals surface area (Å²) in [7, 11) is 1.60. The molecule has 0 radical (unpaired) electrons. The first-order valence-electron chi connectivity index (χ1n) is 7.57. The van der Waals surface area contributed by atoms with Crippen LogP contribution in [0.25, 0.3) is 0 Å². The molecule has 0 amide bonds. The second-order valence-corrected chi connectivity index (χ2v) is 6.39. The first kappa shape index (κ1) is 22.6. The van der Waals surface area contributed by atoms with Crippen LogP contribution in [0, 0.1) is 12.7 Å². The van der Waals surface area contributed by atoms with E-state index in [2.05, 4.69) is 15.6 Å². The van der Waals surface area contributed by atoms with Crippen molar-refractivity contribution in [3.8, 4) is 0 Å². The molecule has 2 N–H and O–H groups in total.